The molecule has 1 fully saturated rings. The fourth-order valence-electron chi connectivity index (χ4n) is 3.50. The number of para-hydroxylation sites is 1. The number of carbonyl (C=O) groups excluding carboxylic acids is 2. The summed E-state index contributed by atoms with van der Waals surface area (Å²) >= 11 is 0.934. The molecule has 0 atom stereocenters. The van der Waals surface area contributed by atoms with E-state index in [4.69, 9.17) is 4.74 Å². The highest BCUT2D eigenvalue weighted by atomic mass is 32.2. The Morgan fingerprint density at radius 3 is 2.06 bits per heavy atom. The van der Waals surface area contributed by atoms with Crippen LogP contribution in [0.15, 0.2) is 47.4 Å². The number of imide groups is 1. The van der Waals surface area contributed by atoms with Crippen molar-refractivity contribution in [3.63, 3.8) is 0 Å². The summed E-state index contributed by atoms with van der Waals surface area (Å²) in [5.74, 6) is 0.663. The zero-order chi connectivity index (χ0) is 23.7. The Morgan fingerprint density at radius 1 is 0.969 bits per heavy atom. The molecule has 1 saturated heterocycles. The van der Waals surface area contributed by atoms with Gasteiger partial charge in [0.1, 0.15) is 18.1 Å². The number of hydrogen-bond donors (Lipinski definition) is 1. The molecular formula is C26H31NO4S. The van der Waals surface area contributed by atoms with E-state index in [2.05, 4.69) is 0 Å². The third-order valence-electron chi connectivity index (χ3n) is 5.25. The van der Waals surface area contributed by atoms with Gasteiger partial charge in [0.05, 0.1) is 11.4 Å². The molecule has 3 rings (SSSR count). The third-order valence-corrected chi connectivity index (χ3v) is 6.15. The molecule has 2 aromatic carbocycles. The summed E-state index contributed by atoms with van der Waals surface area (Å²) in [6.07, 6.45) is 1.74. The topological polar surface area (TPSA) is 66.8 Å². The number of hydrogen-bond acceptors (Lipinski definition) is 5. The summed E-state index contributed by atoms with van der Waals surface area (Å²) in [5.41, 5.74) is 1.87. The van der Waals surface area contributed by atoms with Crippen molar-refractivity contribution in [3.8, 4) is 11.5 Å². The van der Waals surface area contributed by atoms with Crippen LogP contribution in [0.25, 0.3) is 6.08 Å². The molecule has 170 valence electrons. The maximum Gasteiger partial charge on any atom is 0.293 e. The first kappa shape index (κ1) is 23.9. The summed E-state index contributed by atoms with van der Waals surface area (Å²) in [6.45, 7) is 12.7. The van der Waals surface area contributed by atoms with E-state index in [0.717, 1.165) is 28.5 Å². The molecule has 0 aromatic heterocycles. The zero-order valence-corrected chi connectivity index (χ0v) is 20.4. The predicted molar refractivity (Wildman–Crippen MR) is 130 cm³/mol. The molecule has 0 aliphatic carbocycles. The molecule has 0 bridgehead atoms. The first-order valence-electron chi connectivity index (χ1n) is 10.7. The van der Waals surface area contributed by atoms with Gasteiger partial charge in [-0.05, 0) is 58.5 Å². The lowest BCUT2D eigenvalue weighted by atomic mass is 9.78. The second kappa shape index (κ2) is 9.02. The number of benzene rings is 2. The monoisotopic (exact) mass is 453 g/mol. The van der Waals surface area contributed by atoms with Gasteiger partial charge in [-0.1, -0.05) is 59.7 Å². The van der Waals surface area contributed by atoms with Crippen LogP contribution < -0.4 is 4.74 Å². The number of ether oxygens (including phenoxy) is 1. The Morgan fingerprint density at radius 2 is 1.53 bits per heavy atom. The van der Waals surface area contributed by atoms with Crippen molar-refractivity contribution in [1.82, 2.24) is 4.90 Å². The van der Waals surface area contributed by atoms with E-state index in [1.165, 1.54) is 4.90 Å². The van der Waals surface area contributed by atoms with Gasteiger partial charge in [0.25, 0.3) is 11.1 Å². The number of rotatable bonds is 5. The number of phenolic OH excluding ortho intramolecular Hbond substituents is 1. The van der Waals surface area contributed by atoms with Gasteiger partial charge in [-0.15, -0.1) is 0 Å². The molecule has 1 heterocycles. The Balaban J connectivity index is 1.85. The predicted octanol–water partition coefficient (Wildman–Crippen LogP) is 6.10. The van der Waals surface area contributed by atoms with Gasteiger partial charge in [-0.2, -0.15) is 0 Å². The molecule has 5 nitrogen and oxygen atoms in total. The van der Waals surface area contributed by atoms with Gasteiger partial charge in [0.2, 0.25) is 0 Å². The molecular weight excluding hydrogens is 422 g/mol. The molecule has 1 N–H and O–H groups in total. The Kier molecular flexibility index (Phi) is 6.75. The molecule has 2 aromatic rings. The number of nitrogens with zero attached hydrogens (tertiary/aromatic N) is 1. The molecule has 1 aliphatic heterocycles. The van der Waals surface area contributed by atoms with Crippen molar-refractivity contribution in [3.05, 3.63) is 64.1 Å². The standard InChI is InChI=1S/C26H31NO4S/c1-25(2,3)19-14-17(15-20(22(19)28)26(4,5)6)16-21-23(29)27(24(30)32-21)12-13-31-18-10-8-7-9-11-18/h7-11,14-16,28H,12-13H2,1-6H3/b21-16-. The highest BCUT2D eigenvalue weighted by Gasteiger charge is 2.35. The second-order valence-electron chi connectivity index (χ2n) is 9.96. The number of amides is 2. The molecule has 0 radical (unpaired) electrons. The van der Waals surface area contributed by atoms with Gasteiger partial charge >= 0.3 is 0 Å². The van der Waals surface area contributed by atoms with E-state index in [1.807, 2.05) is 84.0 Å². The van der Waals surface area contributed by atoms with Crippen LogP contribution in [0.4, 0.5) is 4.79 Å². The number of carbonyl (C=O) groups is 2. The van der Waals surface area contributed by atoms with Crippen molar-refractivity contribution >= 4 is 29.0 Å². The van der Waals surface area contributed by atoms with Crippen molar-refractivity contribution < 1.29 is 19.4 Å². The highest BCUT2D eigenvalue weighted by Crippen LogP contribution is 2.41. The molecule has 0 spiro atoms. The van der Waals surface area contributed by atoms with E-state index in [0.29, 0.717) is 10.7 Å². The van der Waals surface area contributed by atoms with Crippen LogP contribution >= 0.6 is 11.8 Å². The molecule has 32 heavy (non-hydrogen) atoms. The number of thioether (sulfide) groups is 1. The van der Waals surface area contributed by atoms with E-state index in [9.17, 15) is 14.7 Å². The van der Waals surface area contributed by atoms with Crippen LogP contribution in [0, 0.1) is 0 Å². The van der Waals surface area contributed by atoms with Gasteiger partial charge < -0.3 is 9.84 Å². The van der Waals surface area contributed by atoms with Crippen molar-refractivity contribution in [1.29, 1.82) is 0 Å². The average Bonchev–Trinajstić information content (AvgIpc) is 2.95. The average molecular weight is 454 g/mol. The Labute approximate surface area is 194 Å². The summed E-state index contributed by atoms with van der Waals surface area (Å²) in [7, 11) is 0. The maximum atomic E-state index is 12.9. The van der Waals surface area contributed by atoms with Crippen LogP contribution in [-0.4, -0.2) is 34.3 Å². The van der Waals surface area contributed by atoms with E-state index in [1.54, 1.807) is 6.08 Å². The van der Waals surface area contributed by atoms with Gasteiger partial charge in [0, 0.05) is 11.1 Å². The lowest BCUT2D eigenvalue weighted by Gasteiger charge is -2.28. The van der Waals surface area contributed by atoms with Crippen LogP contribution in [0.1, 0.15) is 58.2 Å². The normalized spacial score (nSPS) is 16.2. The fraction of sp³-hybridized carbons (Fsp3) is 0.385. The Bertz CT molecular complexity index is 1010. The van der Waals surface area contributed by atoms with Gasteiger partial charge in [-0.3, -0.25) is 14.5 Å². The maximum absolute atomic E-state index is 12.9. The minimum atomic E-state index is -0.320. The summed E-state index contributed by atoms with van der Waals surface area (Å²) in [4.78, 5) is 27.0. The summed E-state index contributed by atoms with van der Waals surface area (Å²) in [5, 5.41) is 10.6. The molecule has 2 amide bonds. The van der Waals surface area contributed by atoms with E-state index >= 15 is 0 Å². The van der Waals surface area contributed by atoms with Gasteiger partial charge in [0.15, 0.2) is 0 Å². The van der Waals surface area contributed by atoms with E-state index < -0.39 is 0 Å². The lowest BCUT2D eigenvalue weighted by Crippen LogP contribution is -2.32. The van der Waals surface area contributed by atoms with E-state index in [-0.39, 0.29) is 40.9 Å². The first-order chi connectivity index (χ1) is 14.9. The highest BCUT2D eigenvalue weighted by molar-refractivity contribution is 8.18. The SMILES string of the molecule is CC(C)(C)c1cc(/C=C2\SC(=O)N(CCOc3ccccc3)C2=O)cc(C(C)(C)C)c1O. The molecule has 1 aliphatic rings. The van der Waals surface area contributed by atoms with Gasteiger partial charge in [-0.25, -0.2) is 0 Å². The van der Waals surface area contributed by atoms with Crippen molar-refractivity contribution in [2.45, 2.75) is 52.4 Å². The van der Waals surface area contributed by atoms with Crippen LogP contribution in [0.3, 0.4) is 0 Å². The van der Waals surface area contributed by atoms with Crippen molar-refractivity contribution in [2.24, 2.45) is 0 Å². The smallest absolute Gasteiger partial charge is 0.293 e. The van der Waals surface area contributed by atoms with Crippen LogP contribution in [0.5, 0.6) is 11.5 Å². The minimum absolute atomic E-state index is 0.187. The van der Waals surface area contributed by atoms with Crippen molar-refractivity contribution in [2.75, 3.05) is 13.2 Å². The third kappa shape index (κ3) is 5.36. The Hall–Kier alpha value is -2.73. The first-order valence-corrected chi connectivity index (χ1v) is 11.5. The summed E-state index contributed by atoms with van der Waals surface area (Å²) < 4.78 is 5.64. The molecule has 0 saturated carbocycles. The second-order valence-corrected chi connectivity index (χ2v) is 11.0. The summed E-state index contributed by atoms with van der Waals surface area (Å²) in [6, 6.07) is 13.1. The fourth-order valence-corrected chi connectivity index (χ4v) is 4.36. The minimum Gasteiger partial charge on any atom is -0.507 e. The zero-order valence-electron chi connectivity index (χ0n) is 19.6. The van der Waals surface area contributed by atoms with Crippen LogP contribution in [-0.2, 0) is 15.6 Å². The molecule has 0 unspecified atom stereocenters. The van der Waals surface area contributed by atoms with Crippen LogP contribution in [0.2, 0.25) is 0 Å². The molecule has 6 heteroatoms. The quantitative estimate of drug-likeness (QED) is 0.554. The number of phenols is 1. The largest absolute Gasteiger partial charge is 0.507 e. The number of aromatic hydroxyl groups is 1. The lowest BCUT2D eigenvalue weighted by molar-refractivity contribution is -0.123.